The van der Waals surface area contributed by atoms with Crippen molar-refractivity contribution in [3.8, 4) is 0 Å². The molecule has 0 spiro atoms. The fourth-order valence-corrected chi connectivity index (χ4v) is 10.3. The molecule has 456 valence electrons. The molecule has 0 N–H and O–H groups in total. The minimum atomic E-state index is -0.783. The van der Waals surface area contributed by atoms with Crippen molar-refractivity contribution in [2.75, 3.05) is 13.2 Å². The summed E-state index contributed by atoms with van der Waals surface area (Å²) in [6.07, 6.45) is 84.3. The Hall–Kier alpha value is -2.63. The number of rotatable bonds is 64. The molecule has 0 aliphatic carbocycles. The monoisotopic (exact) mass is 1090 g/mol. The van der Waals surface area contributed by atoms with E-state index in [2.05, 4.69) is 69.4 Å². The highest BCUT2D eigenvalue weighted by Crippen LogP contribution is 2.18. The van der Waals surface area contributed by atoms with Crippen molar-refractivity contribution in [3.05, 3.63) is 48.6 Å². The molecule has 0 aromatic carbocycles. The van der Waals surface area contributed by atoms with E-state index in [0.29, 0.717) is 19.3 Å². The summed E-state index contributed by atoms with van der Waals surface area (Å²) >= 11 is 0. The lowest BCUT2D eigenvalue weighted by atomic mass is 10.0. The fourth-order valence-electron chi connectivity index (χ4n) is 10.3. The van der Waals surface area contributed by atoms with Gasteiger partial charge in [0.15, 0.2) is 6.10 Å². The van der Waals surface area contributed by atoms with Crippen LogP contribution in [-0.2, 0) is 28.6 Å². The lowest BCUT2D eigenvalue weighted by Gasteiger charge is -2.18. The molecule has 0 rings (SSSR count). The normalized spacial score (nSPS) is 12.3. The van der Waals surface area contributed by atoms with Gasteiger partial charge in [0.2, 0.25) is 0 Å². The van der Waals surface area contributed by atoms with Crippen molar-refractivity contribution in [1.29, 1.82) is 0 Å². The Kier molecular flexibility index (Phi) is 64.6. The van der Waals surface area contributed by atoms with E-state index < -0.39 is 6.10 Å². The summed E-state index contributed by atoms with van der Waals surface area (Å²) in [7, 11) is 0. The Balaban J connectivity index is 4.18. The maximum atomic E-state index is 12.9. The number of carbonyl (C=O) groups is 3. The van der Waals surface area contributed by atoms with E-state index >= 15 is 0 Å². The van der Waals surface area contributed by atoms with Gasteiger partial charge in [-0.2, -0.15) is 0 Å². The number of hydrogen-bond donors (Lipinski definition) is 0. The second-order valence-corrected chi connectivity index (χ2v) is 23.4. The van der Waals surface area contributed by atoms with Crippen LogP contribution < -0.4 is 0 Å². The number of carbonyl (C=O) groups excluding carboxylic acids is 3. The summed E-state index contributed by atoms with van der Waals surface area (Å²) < 4.78 is 16.9. The maximum Gasteiger partial charge on any atom is 0.306 e. The Morgan fingerprint density at radius 1 is 0.256 bits per heavy atom. The van der Waals surface area contributed by atoms with E-state index in [1.165, 1.54) is 244 Å². The first-order chi connectivity index (χ1) is 38.5. The quantitative estimate of drug-likeness (QED) is 0.0261. The van der Waals surface area contributed by atoms with Crippen LogP contribution in [-0.4, -0.2) is 37.2 Å². The highest BCUT2D eigenvalue weighted by molar-refractivity contribution is 5.71. The molecule has 0 saturated heterocycles. The van der Waals surface area contributed by atoms with Gasteiger partial charge in [-0.15, -0.1) is 0 Å². The molecule has 1 atom stereocenters. The molecule has 0 aromatic rings. The highest BCUT2D eigenvalue weighted by atomic mass is 16.6. The molecule has 0 fully saturated rings. The molecule has 0 aliphatic heterocycles. The summed E-state index contributed by atoms with van der Waals surface area (Å²) in [6.45, 7) is 6.63. The lowest BCUT2D eigenvalue weighted by molar-refractivity contribution is -0.167. The van der Waals surface area contributed by atoms with Gasteiger partial charge in [0, 0.05) is 19.3 Å². The average molecular weight is 1090 g/mol. The van der Waals surface area contributed by atoms with Gasteiger partial charge >= 0.3 is 17.9 Å². The molecule has 78 heavy (non-hydrogen) atoms. The third kappa shape index (κ3) is 64.2. The average Bonchev–Trinajstić information content (AvgIpc) is 3.44. The second-order valence-electron chi connectivity index (χ2n) is 23.4. The van der Waals surface area contributed by atoms with Crippen molar-refractivity contribution < 1.29 is 28.6 Å². The van der Waals surface area contributed by atoms with E-state index in [1.807, 2.05) is 0 Å². The standard InChI is InChI=1S/C72H132O6/c1-4-7-10-13-16-19-22-25-27-29-31-32-33-34-35-36-37-38-39-40-42-43-45-47-50-53-56-59-62-65-71(74)77-68-69(67-76-70(73)64-61-58-55-52-49-24-21-18-15-12-9-6-3)78-72(75)66-63-60-57-54-51-48-46-44-41-30-28-26-23-20-17-14-11-8-5-2/h17-18,20-21,26,28,41,44,69H,4-16,19,22-25,27,29-40,42-43,45-68H2,1-3H3/b20-17-,21-18-,28-26-,44-41-. The molecule has 6 heteroatoms. The van der Waals surface area contributed by atoms with Gasteiger partial charge in [0.1, 0.15) is 13.2 Å². The molecule has 1 unspecified atom stereocenters. The molecule has 0 heterocycles. The molecule has 0 amide bonds. The van der Waals surface area contributed by atoms with Crippen LogP contribution in [0.25, 0.3) is 0 Å². The largest absolute Gasteiger partial charge is 0.462 e. The zero-order valence-corrected chi connectivity index (χ0v) is 52.5. The third-order valence-electron chi connectivity index (χ3n) is 15.6. The maximum absolute atomic E-state index is 12.9. The number of ether oxygens (including phenoxy) is 3. The second kappa shape index (κ2) is 66.9. The fraction of sp³-hybridized carbons (Fsp3) is 0.847. The number of hydrogen-bond acceptors (Lipinski definition) is 6. The summed E-state index contributed by atoms with van der Waals surface area (Å²) in [6, 6.07) is 0. The SMILES string of the molecule is CCCCC/C=C\C/C=C\C/C=C\CCCCCCCCC(=O)OC(COC(=O)CCCCCCC/C=C\CCCCC)COC(=O)CCCCCCCCCCCCCCCCCCCCCCCCCCCCCCC. The van der Waals surface area contributed by atoms with E-state index in [1.54, 1.807) is 0 Å². The molecular weight excluding hydrogens is 961 g/mol. The number of unbranched alkanes of at least 4 members (excludes halogenated alkanes) is 45. The first-order valence-corrected chi connectivity index (χ1v) is 34.6. The van der Waals surface area contributed by atoms with Crippen LogP contribution in [0.2, 0.25) is 0 Å². The first-order valence-electron chi connectivity index (χ1n) is 34.6. The van der Waals surface area contributed by atoms with Crippen molar-refractivity contribution in [2.45, 2.75) is 380 Å². The predicted octanol–water partition coefficient (Wildman–Crippen LogP) is 23.7. The van der Waals surface area contributed by atoms with E-state index in [0.717, 1.165) is 89.9 Å². The minimum Gasteiger partial charge on any atom is -0.462 e. The van der Waals surface area contributed by atoms with Crippen molar-refractivity contribution in [1.82, 2.24) is 0 Å². The smallest absolute Gasteiger partial charge is 0.306 e. The molecule has 0 bridgehead atoms. The van der Waals surface area contributed by atoms with Crippen LogP contribution >= 0.6 is 0 Å². The number of allylic oxidation sites excluding steroid dienone is 8. The summed E-state index contributed by atoms with van der Waals surface area (Å²) in [5.41, 5.74) is 0. The van der Waals surface area contributed by atoms with Gasteiger partial charge in [0.05, 0.1) is 0 Å². The Morgan fingerprint density at radius 3 is 0.756 bits per heavy atom. The predicted molar refractivity (Wildman–Crippen MR) is 339 cm³/mol. The Labute approximate surface area is 486 Å². The minimum absolute atomic E-state index is 0.0776. The van der Waals surface area contributed by atoms with Gasteiger partial charge in [-0.25, -0.2) is 0 Å². The summed E-state index contributed by atoms with van der Waals surface area (Å²) in [4.78, 5) is 38.3. The zero-order valence-electron chi connectivity index (χ0n) is 52.5. The molecule has 0 aliphatic rings. The summed E-state index contributed by atoms with van der Waals surface area (Å²) in [5.74, 6) is -0.878. The van der Waals surface area contributed by atoms with E-state index in [9.17, 15) is 14.4 Å². The molecular formula is C72H132O6. The van der Waals surface area contributed by atoms with Crippen LogP contribution in [0.3, 0.4) is 0 Å². The van der Waals surface area contributed by atoms with Gasteiger partial charge in [-0.05, 0) is 83.5 Å². The van der Waals surface area contributed by atoms with Crippen LogP contribution in [0.4, 0.5) is 0 Å². The van der Waals surface area contributed by atoms with Crippen molar-refractivity contribution in [2.24, 2.45) is 0 Å². The Bertz CT molecular complexity index is 1350. The van der Waals surface area contributed by atoms with Crippen LogP contribution in [0.15, 0.2) is 48.6 Å². The van der Waals surface area contributed by atoms with Crippen LogP contribution in [0.1, 0.15) is 374 Å². The van der Waals surface area contributed by atoms with E-state index in [-0.39, 0.29) is 31.1 Å². The molecule has 6 nitrogen and oxygen atoms in total. The lowest BCUT2D eigenvalue weighted by Crippen LogP contribution is -2.30. The summed E-state index contributed by atoms with van der Waals surface area (Å²) in [5, 5.41) is 0. The third-order valence-corrected chi connectivity index (χ3v) is 15.6. The zero-order chi connectivity index (χ0) is 56.4. The molecule has 0 aromatic heterocycles. The Morgan fingerprint density at radius 2 is 0.462 bits per heavy atom. The van der Waals surface area contributed by atoms with Crippen molar-refractivity contribution in [3.63, 3.8) is 0 Å². The van der Waals surface area contributed by atoms with Crippen LogP contribution in [0, 0.1) is 0 Å². The number of esters is 3. The first kappa shape index (κ1) is 75.4. The topological polar surface area (TPSA) is 78.9 Å². The van der Waals surface area contributed by atoms with Gasteiger partial charge in [0.25, 0.3) is 0 Å². The van der Waals surface area contributed by atoms with E-state index in [4.69, 9.17) is 14.2 Å². The van der Waals surface area contributed by atoms with Crippen LogP contribution in [0.5, 0.6) is 0 Å². The van der Waals surface area contributed by atoms with Gasteiger partial charge in [-0.3, -0.25) is 14.4 Å². The van der Waals surface area contributed by atoms with Gasteiger partial charge in [-0.1, -0.05) is 320 Å². The molecule has 0 radical (unpaired) electrons. The van der Waals surface area contributed by atoms with Gasteiger partial charge < -0.3 is 14.2 Å². The highest BCUT2D eigenvalue weighted by Gasteiger charge is 2.19. The molecule has 0 saturated carbocycles. The van der Waals surface area contributed by atoms with Crippen molar-refractivity contribution >= 4 is 17.9 Å².